The molecule has 0 aromatic heterocycles. The van der Waals surface area contributed by atoms with Crippen LogP contribution in [0, 0.1) is 0 Å². The zero-order valence-corrected chi connectivity index (χ0v) is 10.4. The predicted octanol–water partition coefficient (Wildman–Crippen LogP) is 1.05. The standard InChI is InChI=1S/C13H18N2O3/c1-14-6-4-11(16)9-2-3-12-10(8-9)15-13(17)5-7-18-12/h2-3,8,11,14,16H,4-7H2,1H3,(H,15,17). The van der Waals surface area contributed by atoms with Gasteiger partial charge in [-0.1, -0.05) is 6.07 Å². The minimum absolute atomic E-state index is 0.0596. The maximum Gasteiger partial charge on any atom is 0.227 e. The normalized spacial score (nSPS) is 16.2. The SMILES string of the molecule is CNCCC(O)c1ccc2c(c1)NC(=O)CCO2. The molecule has 1 aromatic rings. The third kappa shape index (κ3) is 3.00. The van der Waals surface area contributed by atoms with Crippen LogP contribution in [0.4, 0.5) is 5.69 Å². The van der Waals surface area contributed by atoms with Crippen molar-refractivity contribution in [3.8, 4) is 5.75 Å². The van der Waals surface area contributed by atoms with Crippen LogP contribution < -0.4 is 15.4 Å². The second-order valence-electron chi connectivity index (χ2n) is 4.31. The fourth-order valence-electron chi connectivity index (χ4n) is 1.89. The first-order valence-electron chi connectivity index (χ1n) is 6.10. The minimum Gasteiger partial charge on any atom is -0.491 e. The average molecular weight is 250 g/mol. The van der Waals surface area contributed by atoms with Crippen LogP contribution in [0.1, 0.15) is 24.5 Å². The molecule has 3 N–H and O–H groups in total. The lowest BCUT2D eigenvalue weighted by Gasteiger charge is -2.14. The first-order valence-corrected chi connectivity index (χ1v) is 6.10. The molecule has 1 unspecified atom stereocenters. The van der Waals surface area contributed by atoms with E-state index in [1.807, 2.05) is 13.1 Å². The number of aliphatic hydroxyl groups is 1. The molecule has 1 aromatic carbocycles. The molecule has 0 spiro atoms. The van der Waals surface area contributed by atoms with Crippen molar-refractivity contribution in [1.82, 2.24) is 5.32 Å². The van der Waals surface area contributed by atoms with Crippen molar-refractivity contribution in [2.45, 2.75) is 18.9 Å². The first-order chi connectivity index (χ1) is 8.70. The molecule has 0 saturated heterocycles. The molecule has 2 rings (SSSR count). The number of ether oxygens (including phenoxy) is 1. The summed E-state index contributed by atoms with van der Waals surface area (Å²) in [6.07, 6.45) is 0.444. The van der Waals surface area contributed by atoms with Gasteiger partial charge in [0.1, 0.15) is 5.75 Å². The number of fused-ring (bicyclic) bond motifs is 1. The molecule has 0 aliphatic carbocycles. The zero-order valence-electron chi connectivity index (χ0n) is 10.4. The van der Waals surface area contributed by atoms with Gasteiger partial charge in [-0.25, -0.2) is 0 Å². The Labute approximate surface area is 106 Å². The Kier molecular flexibility index (Phi) is 4.17. The molecule has 18 heavy (non-hydrogen) atoms. The molecule has 1 heterocycles. The summed E-state index contributed by atoms with van der Waals surface area (Å²) in [6.45, 7) is 1.13. The number of aliphatic hydroxyl groups excluding tert-OH is 1. The van der Waals surface area contributed by atoms with Gasteiger partial charge in [0.25, 0.3) is 0 Å². The average Bonchev–Trinajstić information content (AvgIpc) is 2.55. The van der Waals surface area contributed by atoms with Crippen molar-refractivity contribution in [2.24, 2.45) is 0 Å². The van der Waals surface area contributed by atoms with Gasteiger partial charge in [-0.15, -0.1) is 0 Å². The number of carbonyl (C=O) groups is 1. The van der Waals surface area contributed by atoms with Crippen LogP contribution in [0.5, 0.6) is 5.75 Å². The fourth-order valence-corrected chi connectivity index (χ4v) is 1.89. The molecule has 5 heteroatoms. The van der Waals surface area contributed by atoms with E-state index in [-0.39, 0.29) is 5.91 Å². The lowest BCUT2D eigenvalue weighted by molar-refractivity contribution is -0.116. The van der Waals surface area contributed by atoms with Crippen LogP contribution in [-0.2, 0) is 4.79 Å². The Balaban J connectivity index is 2.17. The van der Waals surface area contributed by atoms with Crippen molar-refractivity contribution in [1.29, 1.82) is 0 Å². The van der Waals surface area contributed by atoms with E-state index >= 15 is 0 Å². The number of hydrogen-bond acceptors (Lipinski definition) is 4. The van der Waals surface area contributed by atoms with E-state index in [0.717, 1.165) is 12.1 Å². The number of benzene rings is 1. The van der Waals surface area contributed by atoms with E-state index < -0.39 is 6.10 Å². The summed E-state index contributed by atoms with van der Waals surface area (Å²) in [5.74, 6) is 0.598. The lowest BCUT2D eigenvalue weighted by atomic mass is 10.1. The van der Waals surface area contributed by atoms with Gasteiger partial charge in [0.2, 0.25) is 5.91 Å². The molecule has 1 atom stereocenters. The van der Waals surface area contributed by atoms with Crippen molar-refractivity contribution in [2.75, 3.05) is 25.5 Å². The molecule has 0 bridgehead atoms. The van der Waals surface area contributed by atoms with Gasteiger partial charge in [-0.05, 0) is 37.7 Å². The molecule has 1 amide bonds. The largest absolute Gasteiger partial charge is 0.491 e. The number of hydrogen-bond donors (Lipinski definition) is 3. The first kappa shape index (κ1) is 12.9. The summed E-state index contributed by atoms with van der Waals surface area (Å²) in [4.78, 5) is 11.4. The van der Waals surface area contributed by atoms with Crippen LogP contribution >= 0.6 is 0 Å². The topological polar surface area (TPSA) is 70.6 Å². The highest BCUT2D eigenvalue weighted by Crippen LogP contribution is 2.30. The summed E-state index contributed by atoms with van der Waals surface area (Å²) in [5, 5.41) is 15.8. The molecule has 0 fully saturated rings. The Morgan fingerprint density at radius 2 is 2.39 bits per heavy atom. The number of amides is 1. The van der Waals surface area contributed by atoms with Gasteiger partial charge in [0.15, 0.2) is 0 Å². The summed E-state index contributed by atoms with van der Waals surface area (Å²) in [6, 6.07) is 5.40. The molecule has 1 aliphatic rings. The Morgan fingerprint density at radius 3 is 3.17 bits per heavy atom. The fraction of sp³-hybridized carbons (Fsp3) is 0.462. The summed E-state index contributed by atoms with van der Waals surface area (Å²) < 4.78 is 5.46. The maximum absolute atomic E-state index is 11.4. The molecule has 0 saturated carbocycles. The van der Waals surface area contributed by atoms with Gasteiger partial charge in [-0.2, -0.15) is 0 Å². The van der Waals surface area contributed by atoms with Gasteiger partial charge >= 0.3 is 0 Å². The number of nitrogens with one attached hydrogen (secondary N) is 2. The highest BCUT2D eigenvalue weighted by molar-refractivity contribution is 5.93. The van der Waals surface area contributed by atoms with Crippen LogP contribution in [0.3, 0.4) is 0 Å². The number of carbonyl (C=O) groups excluding carboxylic acids is 1. The molecule has 1 aliphatic heterocycles. The minimum atomic E-state index is -0.539. The second kappa shape index (κ2) is 5.84. The Hall–Kier alpha value is -1.59. The maximum atomic E-state index is 11.4. The van der Waals surface area contributed by atoms with Crippen molar-refractivity contribution in [3.05, 3.63) is 23.8 Å². The van der Waals surface area contributed by atoms with E-state index in [2.05, 4.69) is 10.6 Å². The van der Waals surface area contributed by atoms with E-state index in [0.29, 0.717) is 30.9 Å². The summed E-state index contributed by atoms with van der Waals surface area (Å²) in [7, 11) is 1.85. The monoisotopic (exact) mass is 250 g/mol. The van der Waals surface area contributed by atoms with Crippen molar-refractivity contribution in [3.63, 3.8) is 0 Å². The molecular weight excluding hydrogens is 232 g/mol. The second-order valence-corrected chi connectivity index (χ2v) is 4.31. The molecule has 5 nitrogen and oxygen atoms in total. The Morgan fingerprint density at radius 1 is 1.56 bits per heavy atom. The van der Waals surface area contributed by atoms with Crippen LogP contribution in [-0.4, -0.2) is 31.2 Å². The smallest absolute Gasteiger partial charge is 0.227 e. The van der Waals surface area contributed by atoms with Gasteiger partial charge in [0, 0.05) is 0 Å². The van der Waals surface area contributed by atoms with Crippen LogP contribution in [0.15, 0.2) is 18.2 Å². The van der Waals surface area contributed by atoms with Crippen LogP contribution in [0.25, 0.3) is 0 Å². The number of rotatable bonds is 4. The predicted molar refractivity (Wildman–Crippen MR) is 68.7 cm³/mol. The third-order valence-electron chi connectivity index (χ3n) is 2.92. The van der Waals surface area contributed by atoms with E-state index in [1.165, 1.54) is 0 Å². The zero-order chi connectivity index (χ0) is 13.0. The van der Waals surface area contributed by atoms with Gasteiger partial charge in [0.05, 0.1) is 24.8 Å². The summed E-state index contributed by atoms with van der Waals surface area (Å²) >= 11 is 0. The highest BCUT2D eigenvalue weighted by Gasteiger charge is 2.16. The highest BCUT2D eigenvalue weighted by atomic mass is 16.5. The van der Waals surface area contributed by atoms with E-state index in [9.17, 15) is 9.90 Å². The van der Waals surface area contributed by atoms with E-state index in [4.69, 9.17) is 4.74 Å². The third-order valence-corrected chi connectivity index (χ3v) is 2.92. The van der Waals surface area contributed by atoms with E-state index in [1.54, 1.807) is 12.1 Å². The van der Waals surface area contributed by atoms with Crippen molar-refractivity contribution >= 4 is 11.6 Å². The molecule has 0 radical (unpaired) electrons. The Bertz CT molecular complexity index is 434. The quantitative estimate of drug-likeness (QED) is 0.747. The van der Waals surface area contributed by atoms with Gasteiger partial charge < -0.3 is 20.5 Å². The molecule has 98 valence electrons. The molecular formula is C13H18N2O3. The number of anilines is 1. The van der Waals surface area contributed by atoms with Crippen molar-refractivity contribution < 1.29 is 14.6 Å². The summed E-state index contributed by atoms with van der Waals surface area (Å²) in [5.41, 5.74) is 1.42. The van der Waals surface area contributed by atoms with Crippen LogP contribution in [0.2, 0.25) is 0 Å². The lowest BCUT2D eigenvalue weighted by Crippen LogP contribution is -2.13. The van der Waals surface area contributed by atoms with Gasteiger partial charge in [-0.3, -0.25) is 4.79 Å².